The van der Waals surface area contributed by atoms with Gasteiger partial charge in [-0.15, -0.1) is 0 Å². The average molecular weight is 439 g/mol. The van der Waals surface area contributed by atoms with E-state index in [1.54, 1.807) is 40.2 Å². The number of carbonyl (C=O) groups is 1. The second kappa shape index (κ2) is 9.88. The molecule has 0 aliphatic carbocycles. The fourth-order valence-electron chi connectivity index (χ4n) is 3.49. The summed E-state index contributed by atoms with van der Waals surface area (Å²) in [5.41, 5.74) is 4.31. The van der Waals surface area contributed by atoms with Crippen molar-refractivity contribution >= 4 is 5.91 Å². The van der Waals surface area contributed by atoms with E-state index in [2.05, 4.69) is 16.2 Å². The van der Waals surface area contributed by atoms with Gasteiger partial charge in [-0.2, -0.15) is 10.4 Å². The molecule has 164 valence electrons. The Kier molecular flexibility index (Phi) is 6.56. The van der Waals surface area contributed by atoms with E-state index in [4.69, 9.17) is 5.26 Å². The predicted molar refractivity (Wildman–Crippen MR) is 123 cm³/mol. The Labute approximate surface area is 191 Å². The fraction of sp³-hybridized carbons (Fsp3) is 0.154. The number of nitrogens with zero attached hydrogens (tertiary/aromatic N) is 5. The SMILES string of the molecule is Cc1ccc(-n2nc(-c3ccc(F)cc3)cc2C(=O)N(CCC#N)Cc2cccnc2)cc1. The summed E-state index contributed by atoms with van der Waals surface area (Å²) >= 11 is 0. The number of pyridine rings is 1. The first-order valence-corrected chi connectivity index (χ1v) is 10.5. The molecule has 0 radical (unpaired) electrons. The highest BCUT2D eigenvalue weighted by Crippen LogP contribution is 2.24. The molecule has 0 atom stereocenters. The van der Waals surface area contributed by atoms with Crippen molar-refractivity contribution in [1.29, 1.82) is 5.26 Å². The van der Waals surface area contributed by atoms with Crippen LogP contribution in [0.5, 0.6) is 0 Å². The van der Waals surface area contributed by atoms with E-state index in [0.717, 1.165) is 16.8 Å². The van der Waals surface area contributed by atoms with Crippen molar-refractivity contribution in [2.24, 2.45) is 0 Å². The van der Waals surface area contributed by atoms with E-state index in [-0.39, 0.29) is 24.7 Å². The standard InChI is InChI=1S/C26H22FN5O/c1-19-5-11-23(12-6-19)32-25(16-24(30-32)21-7-9-22(27)10-8-21)26(33)31(15-3-13-28)18-20-4-2-14-29-17-20/h2,4-12,14,16-17H,3,15,18H2,1H3. The lowest BCUT2D eigenvalue weighted by atomic mass is 10.1. The van der Waals surface area contributed by atoms with Crippen LogP contribution in [-0.4, -0.2) is 32.1 Å². The molecule has 33 heavy (non-hydrogen) atoms. The maximum Gasteiger partial charge on any atom is 0.272 e. The zero-order chi connectivity index (χ0) is 23.2. The highest BCUT2D eigenvalue weighted by Gasteiger charge is 2.23. The summed E-state index contributed by atoms with van der Waals surface area (Å²) in [4.78, 5) is 19.4. The van der Waals surface area contributed by atoms with Crippen LogP contribution in [0.15, 0.2) is 79.1 Å². The summed E-state index contributed by atoms with van der Waals surface area (Å²) in [7, 11) is 0. The smallest absolute Gasteiger partial charge is 0.272 e. The number of nitriles is 1. The normalized spacial score (nSPS) is 10.6. The summed E-state index contributed by atoms with van der Waals surface area (Å²) in [6.07, 6.45) is 3.58. The Morgan fingerprint density at radius 3 is 2.55 bits per heavy atom. The number of hydrogen-bond donors (Lipinski definition) is 0. The van der Waals surface area contributed by atoms with Crippen LogP contribution in [0.4, 0.5) is 4.39 Å². The summed E-state index contributed by atoms with van der Waals surface area (Å²) in [5.74, 6) is -0.595. The lowest BCUT2D eigenvalue weighted by molar-refractivity contribution is 0.0737. The second-order valence-corrected chi connectivity index (χ2v) is 7.67. The minimum Gasteiger partial charge on any atom is -0.332 e. The van der Waals surface area contributed by atoms with E-state index in [0.29, 0.717) is 23.5 Å². The highest BCUT2D eigenvalue weighted by atomic mass is 19.1. The van der Waals surface area contributed by atoms with E-state index >= 15 is 0 Å². The predicted octanol–water partition coefficient (Wildman–Crippen LogP) is 4.94. The lowest BCUT2D eigenvalue weighted by Gasteiger charge is -2.22. The largest absolute Gasteiger partial charge is 0.332 e. The van der Waals surface area contributed by atoms with Gasteiger partial charge in [0.15, 0.2) is 0 Å². The van der Waals surface area contributed by atoms with Crippen molar-refractivity contribution in [2.45, 2.75) is 19.9 Å². The lowest BCUT2D eigenvalue weighted by Crippen LogP contribution is -2.33. The average Bonchev–Trinajstić information content (AvgIpc) is 3.28. The molecule has 1 amide bonds. The van der Waals surface area contributed by atoms with Gasteiger partial charge in [-0.25, -0.2) is 9.07 Å². The van der Waals surface area contributed by atoms with Gasteiger partial charge in [-0.3, -0.25) is 9.78 Å². The maximum atomic E-state index is 13.7. The van der Waals surface area contributed by atoms with Crippen LogP contribution in [0.2, 0.25) is 0 Å². The first kappa shape index (κ1) is 21.9. The molecule has 0 unspecified atom stereocenters. The number of carbonyl (C=O) groups excluding carboxylic acids is 1. The molecule has 0 aliphatic rings. The van der Waals surface area contributed by atoms with Crippen molar-refractivity contribution in [1.82, 2.24) is 19.7 Å². The first-order valence-electron chi connectivity index (χ1n) is 10.5. The fourth-order valence-corrected chi connectivity index (χ4v) is 3.49. The maximum absolute atomic E-state index is 13.7. The minimum absolute atomic E-state index is 0.204. The van der Waals surface area contributed by atoms with Crippen molar-refractivity contribution < 1.29 is 9.18 Å². The topological polar surface area (TPSA) is 74.8 Å². The molecular weight excluding hydrogens is 417 g/mol. The molecule has 7 heteroatoms. The third kappa shape index (κ3) is 5.13. The van der Waals surface area contributed by atoms with Gasteiger partial charge in [0.1, 0.15) is 11.5 Å². The van der Waals surface area contributed by atoms with Gasteiger partial charge in [0.2, 0.25) is 0 Å². The molecule has 4 rings (SSSR count). The van der Waals surface area contributed by atoms with Gasteiger partial charge in [-0.1, -0.05) is 23.8 Å². The first-order chi connectivity index (χ1) is 16.0. The molecule has 2 heterocycles. The molecule has 0 fully saturated rings. The Morgan fingerprint density at radius 1 is 1.12 bits per heavy atom. The molecule has 0 saturated carbocycles. The van der Waals surface area contributed by atoms with Crippen LogP contribution in [0.1, 0.15) is 28.0 Å². The van der Waals surface area contributed by atoms with E-state index in [9.17, 15) is 9.18 Å². The number of aryl methyl sites for hydroxylation is 1. The molecule has 0 spiro atoms. The third-order valence-electron chi connectivity index (χ3n) is 5.22. The van der Waals surface area contributed by atoms with Crippen LogP contribution in [0.25, 0.3) is 16.9 Å². The van der Waals surface area contributed by atoms with E-state index in [1.807, 2.05) is 43.3 Å². The quantitative estimate of drug-likeness (QED) is 0.409. The Morgan fingerprint density at radius 2 is 1.88 bits per heavy atom. The zero-order valence-corrected chi connectivity index (χ0v) is 18.1. The van der Waals surface area contributed by atoms with Gasteiger partial charge in [-0.05, 0) is 61.0 Å². The van der Waals surface area contributed by atoms with Gasteiger partial charge in [0.25, 0.3) is 5.91 Å². The van der Waals surface area contributed by atoms with Gasteiger partial charge >= 0.3 is 0 Å². The molecule has 2 aromatic carbocycles. The molecule has 0 N–H and O–H groups in total. The zero-order valence-electron chi connectivity index (χ0n) is 18.1. The summed E-state index contributed by atoms with van der Waals surface area (Å²) in [6, 6.07) is 21.2. The Hall–Kier alpha value is -4.31. The second-order valence-electron chi connectivity index (χ2n) is 7.67. The van der Waals surface area contributed by atoms with Crippen LogP contribution in [0, 0.1) is 24.1 Å². The van der Waals surface area contributed by atoms with Crippen LogP contribution in [0.3, 0.4) is 0 Å². The van der Waals surface area contributed by atoms with Crippen LogP contribution in [-0.2, 0) is 6.54 Å². The summed E-state index contributed by atoms with van der Waals surface area (Å²) < 4.78 is 15.0. The molecule has 0 saturated heterocycles. The molecule has 0 bridgehead atoms. The Balaban J connectivity index is 1.77. The number of rotatable bonds is 7. The van der Waals surface area contributed by atoms with Gasteiger partial charge in [0, 0.05) is 31.0 Å². The number of benzene rings is 2. The van der Waals surface area contributed by atoms with Gasteiger partial charge in [0.05, 0.1) is 23.9 Å². The van der Waals surface area contributed by atoms with E-state index in [1.165, 1.54) is 12.1 Å². The van der Waals surface area contributed by atoms with Crippen molar-refractivity contribution in [3.8, 4) is 23.0 Å². The van der Waals surface area contributed by atoms with Crippen molar-refractivity contribution in [3.05, 3.63) is 102 Å². The number of halogens is 1. The van der Waals surface area contributed by atoms with Crippen molar-refractivity contribution in [3.63, 3.8) is 0 Å². The minimum atomic E-state index is -0.341. The molecular formula is C26H22FN5O. The van der Waals surface area contributed by atoms with Crippen LogP contribution < -0.4 is 0 Å². The Bertz CT molecular complexity index is 1280. The summed E-state index contributed by atoms with van der Waals surface area (Å²) in [6.45, 7) is 2.58. The van der Waals surface area contributed by atoms with Crippen molar-refractivity contribution in [2.75, 3.05) is 6.54 Å². The van der Waals surface area contributed by atoms with Crippen LogP contribution >= 0.6 is 0 Å². The number of hydrogen-bond acceptors (Lipinski definition) is 4. The third-order valence-corrected chi connectivity index (χ3v) is 5.22. The van der Waals surface area contributed by atoms with Gasteiger partial charge < -0.3 is 4.90 Å². The molecule has 4 aromatic rings. The number of aromatic nitrogens is 3. The molecule has 2 aromatic heterocycles. The molecule has 0 aliphatic heterocycles. The summed E-state index contributed by atoms with van der Waals surface area (Å²) in [5, 5.41) is 13.8. The van der Waals surface area contributed by atoms with E-state index < -0.39 is 0 Å². The molecule has 6 nitrogen and oxygen atoms in total. The highest BCUT2D eigenvalue weighted by molar-refractivity contribution is 5.94. The number of amides is 1. The monoisotopic (exact) mass is 439 g/mol.